The highest BCUT2D eigenvalue weighted by Crippen LogP contribution is 2.33. The van der Waals surface area contributed by atoms with E-state index in [9.17, 15) is 4.39 Å². The van der Waals surface area contributed by atoms with Gasteiger partial charge in [-0.25, -0.2) is 19.3 Å². The monoisotopic (exact) mass is 410 g/mol. The lowest BCUT2D eigenvalue weighted by Crippen LogP contribution is -2.43. The van der Waals surface area contributed by atoms with E-state index < -0.39 is 0 Å². The third-order valence-corrected chi connectivity index (χ3v) is 5.23. The molecule has 1 aromatic carbocycles. The van der Waals surface area contributed by atoms with Gasteiger partial charge in [0.2, 0.25) is 5.95 Å². The van der Waals surface area contributed by atoms with E-state index in [1.807, 2.05) is 12.4 Å². The van der Waals surface area contributed by atoms with Crippen LogP contribution in [-0.2, 0) is 11.3 Å². The molecule has 1 saturated heterocycles. The number of morpholine rings is 1. The van der Waals surface area contributed by atoms with Crippen LogP contribution in [0.3, 0.4) is 0 Å². The highest BCUT2D eigenvalue weighted by atomic mass is 19.1. The van der Waals surface area contributed by atoms with Crippen LogP contribution in [0.5, 0.6) is 0 Å². The maximum atomic E-state index is 13.5. The minimum absolute atomic E-state index is 0.00850. The number of nitrogens with zero attached hydrogens (tertiary/aromatic N) is 5. The Labute approximate surface area is 175 Å². The quantitative estimate of drug-likeness (QED) is 0.673. The first-order chi connectivity index (χ1) is 14.4. The average molecular weight is 410 g/mol. The van der Waals surface area contributed by atoms with Crippen molar-refractivity contribution in [2.24, 2.45) is 5.41 Å². The van der Waals surface area contributed by atoms with Gasteiger partial charge in [0, 0.05) is 37.9 Å². The zero-order valence-electron chi connectivity index (χ0n) is 17.4. The number of anilines is 1. The lowest BCUT2D eigenvalue weighted by molar-refractivity contribution is 0.0188. The Morgan fingerprint density at radius 3 is 2.50 bits per heavy atom. The van der Waals surface area contributed by atoms with Crippen molar-refractivity contribution in [1.29, 1.82) is 0 Å². The van der Waals surface area contributed by atoms with Crippen LogP contribution in [0.25, 0.3) is 22.6 Å². The number of aromatic nitrogens is 4. The molecule has 30 heavy (non-hydrogen) atoms. The Balaban J connectivity index is 1.69. The van der Waals surface area contributed by atoms with E-state index in [-0.39, 0.29) is 17.2 Å². The molecule has 0 bridgehead atoms. The highest BCUT2D eigenvalue weighted by Gasteiger charge is 2.26. The third kappa shape index (κ3) is 4.66. The first-order valence-electron chi connectivity index (χ1n) is 10.1. The van der Waals surface area contributed by atoms with Crippen LogP contribution in [-0.4, -0.2) is 57.3 Å². The summed E-state index contributed by atoms with van der Waals surface area (Å²) < 4.78 is 21.0. The second-order valence-electron chi connectivity index (χ2n) is 8.43. The predicted molar refractivity (Wildman–Crippen MR) is 114 cm³/mol. The molecule has 0 amide bonds. The van der Waals surface area contributed by atoms with Gasteiger partial charge in [-0.3, -0.25) is 4.90 Å². The van der Waals surface area contributed by atoms with Crippen molar-refractivity contribution in [3.63, 3.8) is 0 Å². The smallest absolute Gasteiger partial charge is 0.220 e. The second kappa shape index (κ2) is 8.49. The molecule has 158 valence electrons. The maximum absolute atomic E-state index is 13.5. The Morgan fingerprint density at radius 2 is 1.80 bits per heavy atom. The van der Waals surface area contributed by atoms with Gasteiger partial charge in [-0.05, 0) is 35.7 Å². The largest absolute Gasteiger partial charge is 0.379 e. The lowest BCUT2D eigenvalue weighted by Gasteiger charge is -2.35. The van der Waals surface area contributed by atoms with E-state index >= 15 is 0 Å². The van der Waals surface area contributed by atoms with E-state index in [2.05, 4.69) is 38.3 Å². The fourth-order valence-electron chi connectivity index (χ4n) is 3.97. The summed E-state index contributed by atoms with van der Waals surface area (Å²) in [5.41, 5.74) is 8.97. The van der Waals surface area contributed by atoms with E-state index in [0.717, 1.165) is 56.3 Å². The van der Waals surface area contributed by atoms with Gasteiger partial charge < -0.3 is 15.0 Å². The predicted octanol–water partition coefficient (Wildman–Crippen LogP) is 3.09. The van der Waals surface area contributed by atoms with Crippen LogP contribution >= 0.6 is 0 Å². The second-order valence-corrected chi connectivity index (χ2v) is 8.43. The maximum Gasteiger partial charge on any atom is 0.220 e. The fourth-order valence-corrected chi connectivity index (χ4v) is 3.97. The van der Waals surface area contributed by atoms with Crippen molar-refractivity contribution >= 4 is 5.95 Å². The van der Waals surface area contributed by atoms with E-state index in [4.69, 9.17) is 10.5 Å². The Hall–Kier alpha value is -2.84. The van der Waals surface area contributed by atoms with Crippen molar-refractivity contribution < 1.29 is 9.13 Å². The minimum atomic E-state index is -0.280. The molecule has 1 aliphatic rings. The van der Waals surface area contributed by atoms with Gasteiger partial charge in [0.25, 0.3) is 0 Å². The zero-order chi connectivity index (χ0) is 21.1. The minimum Gasteiger partial charge on any atom is -0.379 e. The van der Waals surface area contributed by atoms with Gasteiger partial charge in [-0.15, -0.1) is 0 Å². The highest BCUT2D eigenvalue weighted by molar-refractivity contribution is 5.77. The number of rotatable bonds is 6. The summed E-state index contributed by atoms with van der Waals surface area (Å²) in [7, 11) is 0. The number of nitrogen functional groups attached to an aromatic ring is 1. The van der Waals surface area contributed by atoms with Crippen LogP contribution in [0.4, 0.5) is 10.3 Å². The molecule has 0 atom stereocenters. The molecule has 1 aliphatic heterocycles. The summed E-state index contributed by atoms with van der Waals surface area (Å²) in [4.78, 5) is 15.5. The third-order valence-electron chi connectivity index (χ3n) is 5.23. The SMILES string of the molecule is CC(C)(CN1CCOCC1)Cn1cnc(-c2ccc(F)cc2)c1-c1ccnc(N)n1. The van der Waals surface area contributed by atoms with Crippen molar-refractivity contribution in [3.8, 4) is 22.6 Å². The number of hydrogen-bond donors (Lipinski definition) is 1. The fraction of sp³-hybridized carbons (Fsp3) is 0.409. The summed E-state index contributed by atoms with van der Waals surface area (Å²) in [5, 5.41) is 0. The molecule has 2 aromatic heterocycles. The van der Waals surface area contributed by atoms with Gasteiger partial charge >= 0.3 is 0 Å². The van der Waals surface area contributed by atoms with Crippen LogP contribution in [0, 0.1) is 11.2 Å². The zero-order valence-corrected chi connectivity index (χ0v) is 17.4. The van der Waals surface area contributed by atoms with E-state index in [1.165, 1.54) is 12.1 Å². The number of benzene rings is 1. The first kappa shape index (κ1) is 20.4. The number of nitrogens with two attached hydrogens (primary N) is 1. The molecular formula is C22H27FN6O. The average Bonchev–Trinajstić information content (AvgIpc) is 3.11. The Morgan fingerprint density at radius 1 is 1.07 bits per heavy atom. The number of hydrogen-bond acceptors (Lipinski definition) is 6. The summed E-state index contributed by atoms with van der Waals surface area (Å²) in [6, 6.07) is 8.17. The Kier molecular flexibility index (Phi) is 5.78. The van der Waals surface area contributed by atoms with Gasteiger partial charge in [0.1, 0.15) is 5.82 Å². The molecule has 2 N–H and O–H groups in total. The summed E-state index contributed by atoms with van der Waals surface area (Å²) in [6.07, 6.45) is 3.47. The molecule has 0 spiro atoms. The molecule has 0 unspecified atom stereocenters. The van der Waals surface area contributed by atoms with Crippen molar-refractivity contribution in [2.75, 3.05) is 38.6 Å². The Bertz CT molecular complexity index is 995. The molecule has 3 heterocycles. The standard InChI is InChI=1S/C22H27FN6O/c1-22(2,13-28-9-11-30-12-10-28)14-29-15-26-19(16-3-5-17(23)6-4-16)20(29)18-7-8-25-21(24)27-18/h3-8,15H,9-14H2,1-2H3,(H2,24,25,27). The van der Waals surface area contributed by atoms with E-state index in [1.54, 1.807) is 18.3 Å². The summed E-state index contributed by atoms with van der Waals surface area (Å²) in [5.74, 6) is -0.0736. The lowest BCUT2D eigenvalue weighted by atomic mass is 9.92. The molecule has 3 aromatic rings. The molecular weight excluding hydrogens is 383 g/mol. The van der Waals surface area contributed by atoms with E-state index in [0.29, 0.717) is 5.69 Å². The van der Waals surface area contributed by atoms with Crippen LogP contribution in [0.15, 0.2) is 42.9 Å². The van der Waals surface area contributed by atoms with Gasteiger partial charge in [0.15, 0.2) is 0 Å². The number of halogens is 1. The topological polar surface area (TPSA) is 82.1 Å². The van der Waals surface area contributed by atoms with Crippen molar-refractivity contribution in [3.05, 3.63) is 48.7 Å². The van der Waals surface area contributed by atoms with Crippen molar-refractivity contribution in [1.82, 2.24) is 24.4 Å². The molecule has 0 saturated carbocycles. The van der Waals surface area contributed by atoms with Gasteiger partial charge in [-0.2, -0.15) is 0 Å². The summed E-state index contributed by atoms with van der Waals surface area (Å²) >= 11 is 0. The van der Waals surface area contributed by atoms with Gasteiger partial charge in [0.05, 0.1) is 36.6 Å². The van der Waals surface area contributed by atoms with Crippen LogP contribution < -0.4 is 5.73 Å². The number of ether oxygens (including phenoxy) is 1. The molecule has 4 rings (SSSR count). The summed E-state index contributed by atoms with van der Waals surface area (Å²) in [6.45, 7) is 9.65. The van der Waals surface area contributed by atoms with Gasteiger partial charge in [-0.1, -0.05) is 13.8 Å². The number of imidazole rings is 1. The molecule has 0 aliphatic carbocycles. The van der Waals surface area contributed by atoms with Crippen molar-refractivity contribution in [2.45, 2.75) is 20.4 Å². The molecule has 0 radical (unpaired) electrons. The molecule has 7 nitrogen and oxygen atoms in total. The first-order valence-corrected chi connectivity index (χ1v) is 10.1. The van der Waals surface area contributed by atoms with Crippen LogP contribution in [0.1, 0.15) is 13.8 Å². The normalized spacial score (nSPS) is 15.4. The van der Waals surface area contributed by atoms with Crippen LogP contribution in [0.2, 0.25) is 0 Å². The molecule has 1 fully saturated rings. The molecule has 8 heteroatoms.